The van der Waals surface area contributed by atoms with Crippen LogP contribution < -0.4 is 4.74 Å². The van der Waals surface area contributed by atoms with Crippen LogP contribution >= 0.6 is 0 Å². The van der Waals surface area contributed by atoms with Crippen LogP contribution in [0.4, 0.5) is 13.2 Å². The summed E-state index contributed by atoms with van der Waals surface area (Å²) >= 11 is 0. The number of aromatic carboxylic acids is 1. The quantitative estimate of drug-likeness (QED) is 0.465. The van der Waals surface area contributed by atoms with E-state index in [-0.39, 0.29) is 16.7 Å². The highest BCUT2D eigenvalue weighted by atomic mass is 19.4. The van der Waals surface area contributed by atoms with Crippen molar-refractivity contribution in [2.24, 2.45) is 0 Å². The fourth-order valence-corrected chi connectivity index (χ4v) is 3.16. The molecule has 1 aliphatic rings. The van der Waals surface area contributed by atoms with E-state index in [2.05, 4.69) is 0 Å². The van der Waals surface area contributed by atoms with Gasteiger partial charge in [0.25, 0.3) is 0 Å². The zero-order chi connectivity index (χ0) is 22.9. The molecule has 168 valence electrons. The first-order chi connectivity index (χ1) is 14.5. The Morgan fingerprint density at radius 2 is 1.68 bits per heavy atom. The average molecular weight is 444 g/mol. The number of hydrogen-bond donors (Lipinski definition) is 5. The number of benzene rings is 2. The van der Waals surface area contributed by atoms with E-state index < -0.39 is 60.8 Å². The van der Waals surface area contributed by atoms with E-state index in [1.165, 1.54) is 30.3 Å². The monoisotopic (exact) mass is 444 g/mol. The number of hydrogen-bond acceptors (Lipinski definition) is 7. The van der Waals surface area contributed by atoms with Gasteiger partial charge in [0.05, 0.1) is 17.7 Å². The van der Waals surface area contributed by atoms with Crippen LogP contribution in [0.2, 0.25) is 0 Å². The van der Waals surface area contributed by atoms with Crippen LogP contribution in [0.25, 0.3) is 11.1 Å². The second-order valence-electron chi connectivity index (χ2n) is 6.91. The van der Waals surface area contributed by atoms with E-state index in [1.807, 2.05) is 0 Å². The summed E-state index contributed by atoms with van der Waals surface area (Å²) in [6.45, 7) is -0.768. The largest absolute Gasteiger partial charge is 0.478 e. The Balaban J connectivity index is 1.96. The molecule has 11 heteroatoms. The molecule has 31 heavy (non-hydrogen) atoms. The molecule has 0 spiro atoms. The Morgan fingerprint density at radius 3 is 2.29 bits per heavy atom. The zero-order valence-corrected chi connectivity index (χ0v) is 15.7. The fraction of sp³-hybridized carbons (Fsp3) is 0.350. The molecule has 8 nitrogen and oxygen atoms in total. The van der Waals surface area contributed by atoms with Gasteiger partial charge in [0.2, 0.25) is 6.29 Å². The lowest BCUT2D eigenvalue weighted by Gasteiger charge is -2.39. The number of alkyl halides is 3. The first-order valence-electron chi connectivity index (χ1n) is 9.05. The molecule has 1 heterocycles. The van der Waals surface area contributed by atoms with Crippen LogP contribution in [0.15, 0.2) is 42.5 Å². The summed E-state index contributed by atoms with van der Waals surface area (Å²) in [5, 5.41) is 47.9. The molecule has 0 bridgehead atoms. The molecule has 0 aliphatic carbocycles. The smallest absolute Gasteiger partial charge is 0.419 e. The van der Waals surface area contributed by atoms with Crippen molar-refractivity contribution in [2.45, 2.75) is 36.9 Å². The van der Waals surface area contributed by atoms with Crippen LogP contribution in [0.3, 0.4) is 0 Å². The Kier molecular flexibility index (Phi) is 6.53. The predicted octanol–water partition coefficient (Wildman–Crippen LogP) is 1.25. The standard InChI is InChI=1S/C20H19F3O8/c21-20(22,23)12-7-10(9-2-1-3-11(6-9)18(28)29)4-5-13(12)30-19-17(27)16(26)15(25)14(8-24)31-19/h1-7,14-17,19,24-27H,8H2,(H,28,29). The minimum absolute atomic E-state index is 0.0663. The van der Waals surface area contributed by atoms with Crippen LogP contribution in [0.5, 0.6) is 5.75 Å². The maximum Gasteiger partial charge on any atom is 0.419 e. The summed E-state index contributed by atoms with van der Waals surface area (Å²) in [4.78, 5) is 11.1. The van der Waals surface area contributed by atoms with E-state index in [0.29, 0.717) is 0 Å². The van der Waals surface area contributed by atoms with Gasteiger partial charge >= 0.3 is 12.1 Å². The highest BCUT2D eigenvalue weighted by molar-refractivity contribution is 5.89. The third-order valence-corrected chi connectivity index (χ3v) is 4.82. The van der Waals surface area contributed by atoms with Crippen molar-refractivity contribution < 1.29 is 53.0 Å². The highest BCUT2D eigenvalue weighted by Crippen LogP contribution is 2.40. The van der Waals surface area contributed by atoms with Crippen molar-refractivity contribution in [3.8, 4) is 16.9 Å². The summed E-state index contributed by atoms with van der Waals surface area (Å²) in [5.74, 6) is -1.96. The molecular weight excluding hydrogens is 425 g/mol. The Bertz CT molecular complexity index is 946. The second kappa shape index (κ2) is 8.81. The Morgan fingerprint density at radius 1 is 1.00 bits per heavy atom. The molecule has 2 aromatic carbocycles. The molecule has 0 amide bonds. The molecule has 5 unspecified atom stereocenters. The van der Waals surface area contributed by atoms with E-state index in [1.54, 1.807) is 0 Å². The van der Waals surface area contributed by atoms with Crippen molar-refractivity contribution in [3.63, 3.8) is 0 Å². The van der Waals surface area contributed by atoms with Gasteiger partial charge < -0.3 is 35.0 Å². The predicted molar refractivity (Wildman–Crippen MR) is 98.2 cm³/mol. The Hall–Kier alpha value is -2.70. The van der Waals surface area contributed by atoms with E-state index >= 15 is 0 Å². The molecule has 1 saturated heterocycles. The molecule has 0 saturated carbocycles. The lowest BCUT2D eigenvalue weighted by atomic mass is 9.99. The topological polar surface area (TPSA) is 137 Å². The third-order valence-electron chi connectivity index (χ3n) is 4.82. The normalized spacial score (nSPS) is 26.5. The van der Waals surface area contributed by atoms with Crippen LogP contribution in [0, 0.1) is 0 Å². The lowest BCUT2D eigenvalue weighted by molar-refractivity contribution is -0.278. The van der Waals surface area contributed by atoms with E-state index in [4.69, 9.17) is 14.6 Å². The maximum atomic E-state index is 13.7. The summed E-state index contributed by atoms with van der Waals surface area (Å²) in [6.07, 6.45) is -13.4. The number of aliphatic hydroxyl groups excluding tert-OH is 4. The Labute approximate surface area is 173 Å². The number of carboxylic acid groups (broad SMARTS) is 1. The minimum atomic E-state index is -4.89. The number of carbonyl (C=O) groups is 1. The van der Waals surface area contributed by atoms with Gasteiger partial charge in [-0.3, -0.25) is 0 Å². The van der Waals surface area contributed by atoms with Gasteiger partial charge in [-0.25, -0.2) is 4.79 Å². The molecular formula is C20H19F3O8. The first kappa shape index (κ1) is 23.0. The van der Waals surface area contributed by atoms with Gasteiger partial charge in [-0.2, -0.15) is 13.2 Å². The average Bonchev–Trinajstić information content (AvgIpc) is 2.73. The minimum Gasteiger partial charge on any atom is -0.478 e. The summed E-state index contributed by atoms with van der Waals surface area (Å²) in [6, 6.07) is 8.33. The number of ether oxygens (including phenoxy) is 2. The van der Waals surface area contributed by atoms with Gasteiger partial charge in [-0.05, 0) is 35.4 Å². The number of aliphatic hydroxyl groups is 4. The van der Waals surface area contributed by atoms with Gasteiger partial charge in [-0.15, -0.1) is 0 Å². The third kappa shape index (κ3) is 4.81. The van der Waals surface area contributed by atoms with Crippen LogP contribution in [-0.4, -0.2) is 68.8 Å². The highest BCUT2D eigenvalue weighted by Gasteiger charge is 2.45. The van der Waals surface area contributed by atoms with Crippen molar-refractivity contribution in [1.82, 2.24) is 0 Å². The molecule has 2 aromatic rings. The zero-order valence-electron chi connectivity index (χ0n) is 15.7. The molecule has 3 rings (SSSR count). The van der Waals surface area contributed by atoms with Crippen molar-refractivity contribution >= 4 is 5.97 Å². The molecule has 5 atom stereocenters. The van der Waals surface area contributed by atoms with Crippen LogP contribution in [-0.2, 0) is 10.9 Å². The molecule has 1 fully saturated rings. The second-order valence-corrected chi connectivity index (χ2v) is 6.91. The molecule has 0 radical (unpaired) electrons. The number of halogens is 3. The van der Waals surface area contributed by atoms with Crippen LogP contribution in [0.1, 0.15) is 15.9 Å². The van der Waals surface area contributed by atoms with Crippen molar-refractivity contribution in [2.75, 3.05) is 6.61 Å². The van der Waals surface area contributed by atoms with Crippen molar-refractivity contribution in [1.29, 1.82) is 0 Å². The number of carboxylic acids is 1. The summed E-state index contributed by atoms with van der Waals surface area (Å²) < 4.78 is 51.3. The van der Waals surface area contributed by atoms with E-state index in [9.17, 15) is 38.4 Å². The van der Waals surface area contributed by atoms with Gasteiger partial charge in [-0.1, -0.05) is 18.2 Å². The molecule has 1 aliphatic heterocycles. The van der Waals surface area contributed by atoms with Gasteiger partial charge in [0.15, 0.2) is 0 Å². The fourth-order valence-electron chi connectivity index (χ4n) is 3.16. The number of rotatable bonds is 5. The summed E-state index contributed by atoms with van der Waals surface area (Å²) in [5.41, 5.74) is -1.04. The van der Waals surface area contributed by atoms with Crippen molar-refractivity contribution in [3.05, 3.63) is 53.6 Å². The van der Waals surface area contributed by atoms with Gasteiger partial charge in [0.1, 0.15) is 30.2 Å². The molecule has 5 N–H and O–H groups in total. The first-order valence-corrected chi connectivity index (χ1v) is 9.05. The van der Waals surface area contributed by atoms with Gasteiger partial charge in [0, 0.05) is 0 Å². The van der Waals surface area contributed by atoms with E-state index in [0.717, 1.165) is 12.1 Å². The molecule has 0 aromatic heterocycles. The maximum absolute atomic E-state index is 13.7. The summed E-state index contributed by atoms with van der Waals surface area (Å²) in [7, 11) is 0. The lowest BCUT2D eigenvalue weighted by Crippen LogP contribution is -2.60. The SMILES string of the molecule is O=C(O)c1cccc(-c2ccc(OC3OC(CO)C(O)C(O)C3O)c(C(F)(F)F)c2)c1.